The number of primary amides is 1. The number of thioether (sulfide) groups is 3. The summed E-state index contributed by atoms with van der Waals surface area (Å²) in [7, 11) is 1.32. The minimum atomic E-state index is -0.554. The zero-order valence-corrected chi connectivity index (χ0v) is 40.9. The van der Waals surface area contributed by atoms with Crippen LogP contribution in [0.25, 0.3) is 50.2 Å². The van der Waals surface area contributed by atoms with Crippen LogP contribution in [0.2, 0.25) is 0 Å². The molecule has 3 unspecified atom stereocenters. The summed E-state index contributed by atoms with van der Waals surface area (Å²) in [6.07, 6.45) is 4.35. The van der Waals surface area contributed by atoms with Crippen LogP contribution >= 0.6 is 35.3 Å². The van der Waals surface area contributed by atoms with Gasteiger partial charge in [-0.3, -0.25) is 28.8 Å². The zero-order chi connectivity index (χ0) is 50.4. The number of esters is 1. The monoisotopic (exact) mass is 1010 g/mol. The molecule has 9 rings (SSSR count). The Kier molecular flexibility index (Phi) is 15.6. The number of Topliss-reactive ketones (excluding diaryl/α,β-unsaturated/α-hetero) is 1. The van der Waals surface area contributed by atoms with Crippen LogP contribution in [-0.4, -0.2) is 99.8 Å². The van der Waals surface area contributed by atoms with E-state index >= 15 is 0 Å². The Balaban J connectivity index is 0.000000155. The molecule has 0 radical (unpaired) electrons. The lowest BCUT2D eigenvalue weighted by Gasteiger charge is -2.08. The SMILES string of the molecule is CC(=O)C(C)Sc1nc2c(cnn2-c2cccc(C)c2)c(=O)[nH]1.CC(Sc1nc2c(cnn2-c2cccc(F)c2)c(=O)[nH]1)C(N)=O.COC(=O)C(C)Sc1nc2c(cnn2-c2cccc(C)c2)c(=O)[nH]1. The number of hydrogen-bond donors (Lipinski definition) is 4. The first-order valence-electron chi connectivity index (χ1n) is 21.1. The van der Waals surface area contributed by atoms with Crippen molar-refractivity contribution in [1.29, 1.82) is 0 Å². The Hall–Kier alpha value is -7.70. The van der Waals surface area contributed by atoms with Gasteiger partial charge in [-0.05, 0) is 95.1 Å². The number of fused-ring (bicyclic) bond motifs is 3. The van der Waals surface area contributed by atoms with Crippen molar-refractivity contribution in [3.05, 3.63) is 139 Å². The molecule has 360 valence electrons. The lowest BCUT2D eigenvalue weighted by molar-refractivity contribution is -0.139. The quantitative estimate of drug-likeness (QED) is 0.0642. The number of carbonyl (C=O) groups excluding carboxylic acids is 3. The number of halogens is 1. The van der Waals surface area contributed by atoms with E-state index in [1.165, 1.54) is 67.3 Å². The van der Waals surface area contributed by atoms with Crippen LogP contribution in [0.5, 0.6) is 0 Å². The van der Waals surface area contributed by atoms with Crippen LogP contribution in [0.15, 0.2) is 121 Å². The number of benzene rings is 3. The summed E-state index contributed by atoms with van der Waals surface area (Å²) in [6.45, 7) is 10.6. The largest absolute Gasteiger partial charge is 0.468 e. The van der Waals surface area contributed by atoms with Crippen molar-refractivity contribution >= 4 is 86.0 Å². The fourth-order valence-electron chi connectivity index (χ4n) is 6.41. The number of methoxy groups -OCH3 is 1. The lowest BCUT2D eigenvalue weighted by Crippen LogP contribution is -2.23. The third-order valence-electron chi connectivity index (χ3n) is 10.2. The molecule has 3 atom stereocenters. The van der Waals surface area contributed by atoms with E-state index in [0.717, 1.165) is 46.0 Å². The number of hydrogen-bond acceptors (Lipinski definition) is 16. The van der Waals surface area contributed by atoms with Crippen LogP contribution in [0, 0.1) is 19.7 Å². The van der Waals surface area contributed by atoms with Crippen LogP contribution in [0.1, 0.15) is 38.8 Å². The molecule has 0 fully saturated rings. The van der Waals surface area contributed by atoms with Crippen molar-refractivity contribution in [3.63, 3.8) is 0 Å². The van der Waals surface area contributed by atoms with Crippen LogP contribution in [0.3, 0.4) is 0 Å². The number of nitrogens with two attached hydrogens (primary N) is 1. The molecule has 6 heterocycles. The van der Waals surface area contributed by atoms with Crippen LogP contribution in [0.4, 0.5) is 4.39 Å². The maximum atomic E-state index is 13.4. The Morgan fingerprint density at radius 2 is 0.971 bits per heavy atom. The highest BCUT2D eigenvalue weighted by Crippen LogP contribution is 2.25. The summed E-state index contributed by atoms with van der Waals surface area (Å²) in [5.41, 5.74) is 9.75. The number of ether oxygens (including phenoxy) is 1. The minimum Gasteiger partial charge on any atom is -0.468 e. The topological polar surface area (TPSA) is 277 Å². The zero-order valence-electron chi connectivity index (χ0n) is 38.5. The summed E-state index contributed by atoms with van der Waals surface area (Å²) >= 11 is 3.40. The average molecular weight is 1010 g/mol. The average Bonchev–Trinajstić information content (AvgIpc) is 4.07. The maximum Gasteiger partial charge on any atom is 0.318 e. The normalized spacial score (nSPS) is 12.4. The third kappa shape index (κ3) is 11.6. The first-order chi connectivity index (χ1) is 33.4. The number of nitrogens with one attached hydrogen (secondary N) is 3. The number of nitrogens with zero attached hydrogens (tertiary/aromatic N) is 9. The summed E-state index contributed by atoms with van der Waals surface area (Å²) in [5, 5.41) is 13.4. The van der Waals surface area contributed by atoms with Crippen molar-refractivity contribution in [2.75, 3.05) is 7.11 Å². The second kappa shape index (κ2) is 21.7. The number of carbonyl (C=O) groups is 3. The number of aryl methyl sites for hydroxylation is 2. The number of H-pyrrole nitrogens is 3. The highest BCUT2D eigenvalue weighted by Gasteiger charge is 2.20. The molecule has 0 aliphatic heterocycles. The standard InChI is InChI=1S/C16H16N4O3S.C16H16N4O2S.C14H12FN5O2S/c1-9-5-4-6-11(7-9)20-13-12(8-17-20)14(21)19-16(18-13)24-10(2)15(22)23-3;1-9-5-4-6-12(7-9)20-14-13(8-17-20)15(22)19-16(18-14)23-11(3)10(2)21;1-7(11(16)21)23-14-18-12-10(13(22)19-14)6-17-20(12)9-4-2-3-8(15)5-9/h4-8,10H,1-3H3,(H,18,19,21);4-8,11H,1-3H3,(H,18,19,22);2-7H,1H3,(H2,16,21)(H,18,19,22). The van der Waals surface area contributed by atoms with E-state index in [9.17, 15) is 33.2 Å². The first kappa shape index (κ1) is 50.2. The van der Waals surface area contributed by atoms with E-state index in [1.54, 1.807) is 36.2 Å². The molecule has 0 aliphatic carbocycles. The molecule has 5 N–H and O–H groups in total. The smallest absolute Gasteiger partial charge is 0.318 e. The lowest BCUT2D eigenvalue weighted by atomic mass is 10.2. The molecule has 0 saturated heterocycles. The van der Waals surface area contributed by atoms with Gasteiger partial charge in [-0.25, -0.2) is 33.4 Å². The second-order valence-electron chi connectivity index (χ2n) is 15.5. The van der Waals surface area contributed by atoms with Gasteiger partial charge >= 0.3 is 5.97 Å². The minimum absolute atomic E-state index is 0.0323. The van der Waals surface area contributed by atoms with Gasteiger partial charge in [-0.15, -0.1) is 0 Å². The molecular formula is C46H44FN13O7S3. The van der Waals surface area contributed by atoms with Gasteiger partial charge in [-0.2, -0.15) is 15.3 Å². The van der Waals surface area contributed by atoms with Gasteiger partial charge in [-0.1, -0.05) is 65.6 Å². The van der Waals surface area contributed by atoms with Gasteiger partial charge in [0.05, 0.1) is 53.3 Å². The number of aromatic nitrogens is 12. The van der Waals surface area contributed by atoms with Crippen molar-refractivity contribution in [3.8, 4) is 17.1 Å². The van der Waals surface area contributed by atoms with Crippen LogP contribution < -0.4 is 22.4 Å². The molecule has 0 bridgehead atoms. The van der Waals surface area contributed by atoms with Crippen molar-refractivity contribution in [1.82, 2.24) is 59.2 Å². The Morgan fingerprint density at radius 3 is 1.33 bits per heavy atom. The molecule has 0 aliphatic rings. The summed E-state index contributed by atoms with van der Waals surface area (Å²) < 4.78 is 22.7. The molecule has 9 aromatic rings. The summed E-state index contributed by atoms with van der Waals surface area (Å²) in [6, 6.07) is 21.3. The van der Waals surface area contributed by atoms with Gasteiger partial charge in [0.25, 0.3) is 16.7 Å². The van der Waals surface area contributed by atoms with Crippen LogP contribution in [-0.2, 0) is 19.1 Å². The molecule has 6 aromatic heterocycles. The van der Waals surface area contributed by atoms with Crippen molar-refractivity contribution in [2.45, 2.75) is 72.8 Å². The molecule has 0 saturated carbocycles. The molecule has 24 heteroatoms. The molecule has 20 nitrogen and oxygen atoms in total. The molecular weight excluding hydrogens is 962 g/mol. The Bertz CT molecular complexity index is 3450. The van der Waals surface area contributed by atoms with Gasteiger partial charge in [0.15, 0.2) is 32.4 Å². The van der Waals surface area contributed by atoms with E-state index < -0.39 is 27.8 Å². The van der Waals surface area contributed by atoms with Gasteiger partial charge in [0.2, 0.25) is 5.91 Å². The molecule has 70 heavy (non-hydrogen) atoms. The predicted molar refractivity (Wildman–Crippen MR) is 266 cm³/mol. The summed E-state index contributed by atoms with van der Waals surface area (Å²) in [4.78, 5) is 91.9. The van der Waals surface area contributed by atoms with E-state index in [0.29, 0.717) is 38.1 Å². The van der Waals surface area contributed by atoms with E-state index in [4.69, 9.17) is 10.5 Å². The highest BCUT2D eigenvalue weighted by molar-refractivity contribution is 8.00. The third-order valence-corrected chi connectivity index (χ3v) is 13.2. The molecule has 1 amide bonds. The van der Waals surface area contributed by atoms with Gasteiger partial charge in [0, 0.05) is 0 Å². The Labute approximate surface area is 409 Å². The number of amides is 1. The first-order valence-corrected chi connectivity index (χ1v) is 23.8. The number of ketones is 1. The second-order valence-corrected chi connectivity index (χ2v) is 19.5. The van der Waals surface area contributed by atoms with E-state index in [1.807, 2.05) is 62.4 Å². The fraction of sp³-hybridized carbons (Fsp3) is 0.217. The number of rotatable bonds is 12. The molecule has 0 spiro atoms. The Morgan fingerprint density at radius 1 is 0.600 bits per heavy atom. The molecule has 3 aromatic carbocycles. The van der Waals surface area contributed by atoms with Gasteiger partial charge < -0.3 is 25.4 Å². The number of aromatic amines is 3. The summed E-state index contributed by atoms with van der Waals surface area (Å²) in [5.74, 6) is -1.29. The van der Waals surface area contributed by atoms with Gasteiger partial charge in [0.1, 0.15) is 33.0 Å². The van der Waals surface area contributed by atoms with Crippen molar-refractivity contribution < 1.29 is 23.5 Å². The van der Waals surface area contributed by atoms with E-state index in [-0.39, 0.29) is 44.3 Å². The highest BCUT2D eigenvalue weighted by atomic mass is 32.2. The predicted octanol–water partition coefficient (Wildman–Crippen LogP) is 5.77. The maximum absolute atomic E-state index is 13.4. The van der Waals surface area contributed by atoms with E-state index in [2.05, 4.69) is 45.2 Å². The fourth-order valence-corrected chi connectivity index (χ4v) is 8.77. The van der Waals surface area contributed by atoms with Crippen molar-refractivity contribution in [2.24, 2.45) is 5.73 Å².